The highest BCUT2D eigenvalue weighted by atomic mass is 16.4. The number of carbonyl (C=O) groups is 1. The Kier molecular flexibility index (Phi) is 2.82. The van der Waals surface area contributed by atoms with Crippen LogP contribution in [0.25, 0.3) is 5.57 Å². The zero-order valence-corrected chi connectivity index (χ0v) is 6.69. The number of carboxylic acid groups (broad SMARTS) is 1. The van der Waals surface area contributed by atoms with E-state index in [-0.39, 0.29) is 5.57 Å². The van der Waals surface area contributed by atoms with Gasteiger partial charge in [-0.05, 0) is 11.6 Å². The molecule has 3 heteroatoms. The van der Waals surface area contributed by atoms with Gasteiger partial charge in [-0.25, -0.2) is 4.79 Å². The number of hydrogen-bond acceptors (Lipinski definition) is 2. The highest BCUT2D eigenvalue weighted by Crippen LogP contribution is 2.11. The van der Waals surface area contributed by atoms with Crippen LogP contribution in [0, 0.1) is 17.4 Å². The smallest absolute Gasteiger partial charge is 0.329 e. The molecule has 3 nitrogen and oxygen atoms in total. The summed E-state index contributed by atoms with van der Waals surface area (Å²) in [6.45, 7) is 0. The number of nitriles is 1. The fourth-order valence-electron chi connectivity index (χ4n) is 0.870. The summed E-state index contributed by atoms with van der Waals surface area (Å²) in [6.07, 6.45) is 0.884. The minimum atomic E-state index is -1.12. The van der Waals surface area contributed by atoms with E-state index >= 15 is 0 Å². The number of rotatable bonds is 2. The molecular formula is C10H6NO2. The molecule has 0 unspecified atom stereocenters. The summed E-state index contributed by atoms with van der Waals surface area (Å²) in [5, 5.41) is 17.1. The molecule has 1 aromatic rings. The molecule has 0 saturated carbocycles. The van der Waals surface area contributed by atoms with Crippen LogP contribution in [0.5, 0.6) is 0 Å². The molecule has 63 valence electrons. The Hall–Kier alpha value is -2.08. The molecule has 0 aliphatic rings. The summed E-state index contributed by atoms with van der Waals surface area (Å²) < 4.78 is 0. The minimum Gasteiger partial charge on any atom is -0.478 e. The first-order chi connectivity index (χ1) is 6.24. The second kappa shape index (κ2) is 4.07. The molecule has 0 amide bonds. The Morgan fingerprint density at radius 1 is 1.54 bits per heavy atom. The summed E-state index contributed by atoms with van der Waals surface area (Å²) in [4.78, 5) is 10.3. The van der Waals surface area contributed by atoms with Crippen LogP contribution in [0.4, 0.5) is 0 Å². The molecule has 0 spiro atoms. The predicted molar refractivity (Wildman–Crippen MR) is 46.5 cm³/mol. The first-order valence-corrected chi connectivity index (χ1v) is 3.55. The van der Waals surface area contributed by atoms with Crippen molar-refractivity contribution in [1.29, 1.82) is 5.26 Å². The molecule has 1 radical (unpaired) electrons. The zero-order valence-electron chi connectivity index (χ0n) is 6.69. The Balaban J connectivity index is 3.07. The fourth-order valence-corrected chi connectivity index (χ4v) is 0.870. The van der Waals surface area contributed by atoms with Crippen LogP contribution in [-0.2, 0) is 4.79 Å². The summed E-state index contributed by atoms with van der Waals surface area (Å²) in [6, 6.07) is 11.1. The minimum absolute atomic E-state index is 0.140. The maximum absolute atomic E-state index is 10.3. The predicted octanol–water partition coefficient (Wildman–Crippen LogP) is 1.48. The Morgan fingerprint density at radius 3 is 2.62 bits per heavy atom. The SMILES string of the molecule is N#CC(=CC(=O)O)c1cc[c]cc1. The van der Waals surface area contributed by atoms with Gasteiger partial charge in [0.1, 0.15) is 6.07 Å². The normalized spacial score (nSPS) is 10.5. The molecule has 0 saturated heterocycles. The lowest BCUT2D eigenvalue weighted by atomic mass is 10.1. The van der Waals surface area contributed by atoms with E-state index in [2.05, 4.69) is 6.07 Å². The third-order valence-corrected chi connectivity index (χ3v) is 1.42. The number of aliphatic carboxylic acids is 1. The van der Waals surface area contributed by atoms with Gasteiger partial charge >= 0.3 is 5.97 Å². The van der Waals surface area contributed by atoms with Crippen LogP contribution in [0.15, 0.2) is 30.3 Å². The molecular weight excluding hydrogens is 166 g/mol. The monoisotopic (exact) mass is 172 g/mol. The van der Waals surface area contributed by atoms with Gasteiger partial charge < -0.3 is 5.11 Å². The maximum Gasteiger partial charge on any atom is 0.329 e. The van der Waals surface area contributed by atoms with Crippen molar-refractivity contribution in [2.45, 2.75) is 0 Å². The number of benzene rings is 1. The molecule has 1 rings (SSSR count). The van der Waals surface area contributed by atoms with Crippen molar-refractivity contribution in [2.75, 3.05) is 0 Å². The van der Waals surface area contributed by atoms with Gasteiger partial charge in [0, 0.05) is 6.08 Å². The standard InChI is InChI=1S/C10H6NO2/c11-7-9(6-10(12)13)8-4-2-1-3-5-8/h2-6H,(H,12,13). The van der Waals surface area contributed by atoms with Crippen molar-refractivity contribution in [1.82, 2.24) is 0 Å². The van der Waals surface area contributed by atoms with E-state index in [1.807, 2.05) is 6.07 Å². The number of nitrogens with zero attached hydrogens (tertiary/aromatic N) is 1. The largest absolute Gasteiger partial charge is 0.478 e. The van der Waals surface area contributed by atoms with E-state index in [0.717, 1.165) is 6.08 Å². The highest BCUT2D eigenvalue weighted by Gasteiger charge is 2.01. The van der Waals surface area contributed by atoms with Crippen molar-refractivity contribution in [3.63, 3.8) is 0 Å². The highest BCUT2D eigenvalue weighted by molar-refractivity contribution is 5.94. The lowest BCUT2D eigenvalue weighted by Gasteiger charge is -1.94. The van der Waals surface area contributed by atoms with Crippen molar-refractivity contribution in [3.8, 4) is 6.07 Å². The zero-order chi connectivity index (χ0) is 9.68. The van der Waals surface area contributed by atoms with Crippen LogP contribution in [-0.4, -0.2) is 11.1 Å². The number of carboxylic acids is 1. The third kappa shape index (κ3) is 2.46. The molecule has 13 heavy (non-hydrogen) atoms. The molecule has 0 aromatic heterocycles. The summed E-state index contributed by atoms with van der Waals surface area (Å²) in [5.41, 5.74) is 0.727. The van der Waals surface area contributed by atoms with Gasteiger partial charge in [-0.3, -0.25) is 0 Å². The Labute approximate surface area is 75.5 Å². The molecule has 0 heterocycles. The van der Waals surface area contributed by atoms with Crippen LogP contribution < -0.4 is 0 Å². The van der Waals surface area contributed by atoms with E-state index in [1.54, 1.807) is 24.3 Å². The second-order valence-electron chi connectivity index (χ2n) is 2.30. The first kappa shape index (κ1) is 9.01. The van der Waals surface area contributed by atoms with Crippen LogP contribution in [0.3, 0.4) is 0 Å². The van der Waals surface area contributed by atoms with Crippen molar-refractivity contribution in [3.05, 3.63) is 42.0 Å². The lowest BCUT2D eigenvalue weighted by Crippen LogP contribution is -1.90. The quantitative estimate of drug-likeness (QED) is 0.542. The number of hydrogen-bond donors (Lipinski definition) is 1. The van der Waals surface area contributed by atoms with Gasteiger partial charge in [0.15, 0.2) is 0 Å². The van der Waals surface area contributed by atoms with Gasteiger partial charge in [-0.1, -0.05) is 24.3 Å². The average molecular weight is 172 g/mol. The van der Waals surface area contributed by atoms with E-state index < -0.39 is 5.97 Å². The Bertz CT molecular complexity index is 374. The van der Waals surface area contributed by atoms with Gasteiger partial charge in [-0.15, -0.1) is 0 Å². The lowest BCUT2D eigenvalue weighted by molar-refractivity contribution is -0.131. The van der Waals surface area contributed by atoms with Crippen LogP contribution in [0.1, 0.15) is 5.56 Å². The van der Waals surface area contributed by atoms with Gasteiger partial charge in [0.25, 0.3) is 0 Å². The van der Waals surface area contributed by atoms with Crippen molar-refractivity contribution < 1.29 is 9.90 Å². The molecule has 1 aromatic carbocycles. The average Bonchev–Trinajstić information content (AvgIpc) is 2.15. The number of allylic oxidation sites excluding steroid dienone is 1. The summed E-state index contributed by atoms with van der Waals surface area (Å²) in [5.74, 6) is -1.12. The molecule has 0 fully saturated rings. The van der Waals surface area contributed by atoms with Gasteiger partial charge in [0.2, 0.25) is 0 Å². The van der Waals surface area contributed by atoms with Crippen LogP contribution >= 0.6 is 0 Å². The Morgan fingerprint density at radius 2 is 2.15 bits per heavy atom. The van der Waals surface area contributed by atoms with Gasteiger partial charge in [0.05, 0.1) is 5.57 Å². The molecule has 0 atom stereocenters. The third-order valence-electron chi connectivity index (χ3n) is 1.42. The van der Waals surface area contributed by atoms with E-state index in [9.17, 15) is 4.79 Å². The first-order valence-electron chi connectivity index (χ1n) is 3.55. The molecule has 0 aliphatic carbocycles. The van der Waals surface area contributed by atoms with Crippen molar-refractivity contribution >= 4 is 11.5 Å². The van der Waals surface area contributed by atoms with E-state index in [4.69, 9.17) is 10.4 Å². The maximum atomic E-state index is 10.3. The molecule has 1 N–H and O–H groups in total. The van der Waals surface area contributed by atoms with E-state index in [0.29, 0.717) is 5.56 Å². The topological polar surface area (TPSA) is 61.1 Å². The second-order valence-corrected chi connectivity index (χ2v) is 2.30. The van der Waals surface area contributed by atoms with Gasteiger partial charge in [-0.2, -0.15) is 5.26 Å². The van der Waals surface area contributed by atoms with Crippen LogP contribution in [0.2, 0.25) is 0 Å². The summed E-state index contributed by atoms with van der Waals surface area (Å²) >= 11 is 0. The van der Waals surface area contributed by atoms with E-state index in [1.165, 1.54) is 0 Å². The van der Waals surface area contributed by atoms with Crippen molar-refractivity contribution in [2.24, 2.45) is 0 Å². The fraction of sp³-hybridized carbons (Fsp3) is 0. The molecule has 0 bridgehead atoms. The molecule has 0 aliphatic heterocycles. The summed E-state index contributed by atoms with van der Waals surface area (Å²) in [7, 11) is 0.